The fraction of sp³-hybridized carbons (Fsp3) is 0.786. The third-order valence-corrected chi connectivity index (χ3v) is 4.08. The van der Waals surface area contributed by atoms with Crippen molar-refractivity contribution in [1.82, 2.24) is 21.1 Å². The number of carbonyl (C=O) groups is 3. The minimum atomic E-state index is -1.04. The first-order valence-corrected chi connectivity index (χ1v) is 7.71. The van der Waals surface area contributed by atoms with Crippen molar-refractivity contribution in [1.29, 1.82) is 0 Å². The average molecular weight is 312 g/mol. The molecule has 0 spiro atoms. The monoisotopic (exact) mass is 312 g/mol. The molecule has 0 aromatic carbocycles. The molecule has 0 aromatic heterocycles. The number of hydrogen-bond donors (Lipinski definition) is 4. The van der Waals surface area contributed by atoms with Crippen molar-refractivity contribution < 1.29 is 19.5 Å². The molecule has 1 saturated heterocycles. The first kappa shape index (κ1) is 16.7. The molecule has 0 radical (unpaired) electrons. The van der Waals surface area contributed by atoms with E-state index in [4.69, 9.17) is 0 Å². The Labute approximate surface area is 129 Å². The SMILES string of the molecule is CNC(=O)[C@@H]1CCCN(C(=O)[C@H](C)NC(=O)[C@@H](O)C2CC2)N1. The van der Waals surface area contributed by atoms with Gasteiger partial charge < -0.3 is 15.7 Å². The lowest BCUT2D eigenvalue weighted by Crippen LogP contribution is -2.60. The Morgan fingerprint density at radius 2 is 1.95 bits per heavy atom. The van der Waals surface area contributed by atoms with E-state index in [9.17, 15) is 19.5 Å². The van der Waals surface area contributed by atoms with Gasteiger partial charge in [-0.2, -0.15) is 0 Å². The molecule has 1 aliphatic carbocycles. The predicted octanol–water partition coefficient (Wildman–Crippen LogP) is -1.50. The Balaban J connectivity index is 1.86. The second-order valence-corrected chi connectivity index (χ2v) is 5.94. The van der Waals surface area contributed by atoms with Crippen molar-refractivity contribution in [2.24, 2.45) is 5.92 Å². The maximum Gasteiger partial charge on any atom is 0.258 e. The summed E-state index contributed by atoms with van der Waals surface area (Å²) in [5.41, 5.74) is 2.88. The van der Waals surface area contributed by atoms with Gasteiger partial charge in [0.25, 0.3) is 5.91 Å². The zero-order valence-electron chi connectivity index (χ0n) is 13.0. The van der Waals surface area contributed by atoms with E-state index < -0.39 is 24.1 Å². The molecule has 2 fully saturated rings. The van der Waals surface area contributed by atoms with Crippen LogP contribution in [0, 0.1) is 5.92 Å². The Hall–Kier alpha value is -1.67. The number of hydrazine groups is 1. The van der Waals surface area contributed by atoms with Gasteiger partial charge in [-0.25, -0.2) is 5.43 Å². The van der Waals surface area contributed by atoms with Crippen LogP contribution in [0.1, 0.15) is 32.6 Å². The molecule has 22 heavy (non-hydrogen) atoms. The zero-order valence-corrected chi connectivity index (χ0v) is 13.0. The highest BCUT2D eigenvalue weighted by atomic mass is 16.3. The minimum absolute atomic E-state index is 0.0213. The Kier molecular flexibility index (Phi) is 5.36. The lowest BCUT2D eigenvalue weighted by Gasteiger charge is -2.34. The van der Waals surface area contributed by atoms with Crippen LogP contribution in [-0.4, -0.2) is 59.6 Å². The maximum atomic E-state index is 12.3. The van der Waals surface area contributed by atoms with E-state index >= 15 is 0 Å². The lowest BCUT2D eigenvalue weighted by atomic mass is 10.1. The molecule has 1 heterocycles. The van der Waals surface area contributed by atoms with Gasteiger partial charge in [0.2, 0.25) is 11.8 Å². The highest BCUT2D eigenvalue weighted by molar-refractivity contribution is 5.89. The standard InChI is InChI=1S/C14H24N4O4/c1-8(16-13(21)11(19)9-5-6-9)14(22)18-7-3-4-10(17-18)12(20)15-2/h8-11,17,19H,3-7H2,1-2H3,(H,15,20)(H,16,21)/t8-,10-,11-/m0/s1. The van der Waals surface area contributed by atoms with E-state index in [1.165, 1.54) is 5.01 Å². The summed E-state index contributed by atoms with van der Waals surface area (Å²) in [5, 5.41) is 16.2. The zero-order chi connectivity index (χ0) is 16.3. The quantitative estimate of drug-likeness (QED) is 0.494. The van der Waals surface area contributed by atoms with Crippen molar-refractivity contribution in [2.45, 2.75) is 50.8 Å². The van der Waals surface area contributed by atoms with Crippen LogP contribution >= 0.6 is 0 Å². The summed E-state index contributed by atoms with van der Waals surface area (Å²) < 4.78 is 0. The maximum absolute atomic E-state index is 12.3. The number of hydrogen-bond acceptors (Lipinski definition) is 5. The number of rotatable bonds is 5. The molecule has 2 rings (SSSR count). The molecule has 0 aromatic rings. The van der Waals surface area contributed by atoms with Crippen LogP contribution in [0.25, 0.3) is 0 Å². The van der Waals surface area contributed by atoms with E-state index in [0.717, 1.165) is 12.8 Å². The van der Waals surface area contributed by atoms with Crippen LogP contribution in [-0.2, 0) is 14.4 Å². The van der Waals surface area contributed by atoms with Crippen LogP contribution in [0.4, 0.5) is 0 Å². The number of aliphatic hydroxyl groups excluding tert-OH is 1. The first-order valence-electron chi connectivity index (χ1n) is 7.71. The van der Waals surface area contributed by atoms with E-state index in [2.05, 4.69) is 16.1 Å². The largest absolute Gasteiger partial charge is 0.383 e. The van der Waals surface area contributed by atoms with Gasteiger partial charge in [-0.15, -0.1) is 0 Å². The molecule has 8 heteroatoms. The summed E-state index contributed by atoms with van der Waals surface area (Å²) in [6, 6.07) is -1.19. The fourth-order valence-electron chi connectivity index (χ4n) is 2.53. The van der Waals surface area contributed by atoms with Gasteiger partial charge in [0.15, 0.2) is 0 Å². The van der Waals surface area contributed by atoms with Gasteiger partial charge in [-0.1, -0.05) is 0 Å². The van der Waals surface area contributed by atoms with Crippen molar-refractivity contribution in [3.05, 3.63) is 0 Å². The number of amides is 3. The summed E-state index contributed by atoms with van der Waals surface area (Å²) in [6.45, 7) is 2.06. The third kappa shape index (κ3) is 3.95. The molecular weight excluding hydrogens is 288 g/mol. The van der Waals surface area contributed by atoms with Gasteiger partial charge in [-0.05, 0) is 38.5 Å². The summed E-state index contributed by atoms with van der Waals surface area (Å²) in [6.07, 6.45) is 2.02. The molecule has 1 saturated carbocycles. The minimum Gasteiger partial charge on any atom is -0.383 e. The van der Waals surface area contributed by atoms with Gasteiger partial charge in [0, 0.05) is 13.6 Å². The van der Waals surface area contributed by atoms with Crippen LogP contribution < -0.4 is 16.1 Å². The van der Waals surface area contributed by atoms with E-state index in [1.807, 2.05) is 0 Å². The topological polar surface area (TPSA) is 111 Å². The van der Waals surface area contributed by atoms with Gasteiger partial charge in [0.05, 0.1) is 0 Å². The highest BCUT2D eigenvalue weighted by Crippen LogP contribution is 2.32. The third-order valence-electron chi connectivity index (χ3n) is 4.08. The van der Waals surface area contributed by atoms with E-state index in [0.29, 0.717) is 19.4 Å². The summed E-state index contributed by atoms with van der Waals surface area (Å²) in [7, 11) is 1.55. The fourth-order valence-corrected chi connectivity index (χ4v) is 2.53. The Bertz CT molecular complexity index is 452. The predicted molar refractivity (Wildman–Crippen MR) is 78.3 cm³/mol. The van der Waals surface area contributed by atoms with Crippen molar-refractivity contribution in [3.63, 3.8) is 0 Å². The Morgan fingerprint density at radius 1 is 1.27 bits per heavy atom. The van der Waals surface area contributed by atoms with Gasteiger partial charge in [-0.3, -0.25) is 19.4 Å². The number of carbonyl (C=O) groups excluding carboxylic acids is 3. The molecule has 8 nitrogen and oxygen atoms in total. The summed E-state index contributed by atoms with van der Waals surface area (Å²) in [4.78, 5) is 35.8. The molecular formula is C14H24N4O4. The molecule has 124 valence electrons. The lowest BCUT2D eigenvalue weighted by molar-refractivity contribution is -0.144. The molecule has 3 amide bonds. The second-order valence-electron chi connectivity index (χ2n) is 5.94. The number of likely N-dealkylation sites (N-methyl/N-ethyl adjacent to an activating group) is 1. The van der Waals surface area contributed by atoms with Crippen molar-refractivity contribution in [2.75, 3.05) is 13.6 Å². The van der Waals surface area contributed by atoms with Crippen LogP contribution in [0.3, 0.4) is 0 Å². The summed E-state index contributed by atoms with van der Waals surface area (Å²) in [5.74, 6) is -0.973. The van der Waals surface area contributed by atoms with Crippen molar-refractivity contribution in [3.8, 4) is 0 Å². The molecule has 2 aliphatic rings. The van der Waals surface area contributed by atoms with Crippen molar-refractivity contribution >= 4 is 17.7 Å². The second kappa shape index (κ2) is 7.06. The van der Waals surface area contributed by atoms with E-state index in [1.54, 1.807) is 14.0 Å². The van der Waals surface area contributed by atoms with Gasteiger partial charge in [0.1, 0.15) is 18.2 Å². The van der Waals surface area contributed by atoms with Gasteiger partial charge >= 0.3 is 0 Å². The number of nitrogens with one attached hydrogen (secondary N) is 3. The smallest absolute Gasteiger partial charge is 0.258 e. The normalized spacial score (nSPS) is 24.3. The summed E-state index contributed by atoms with van der Waals surface area (Å²) >= 11 is 0. The van der Waals surface area contributed by atoms with E-state index in [-0.39, 0.29) is 17.7 Å². The first-order chi connectivity index (χ1) is 10.4. The van der Waals surface area contributed by atoms with Crippen LogP contribution in [0.15, 0.2) is 0 Å². The molecule has 0 unspecified atom stereocenters. The molecule has 3 atom stereocenters. The number of aliphatic hydroxyl groups is 1. The molecule has 4 N–H and O–H groups in total. The molecule has 0 bridgehead atoms. The Morgan fingerprint density at radius 3 is 2.55 bits per heavy atom. The highest BCUT2D eigenvalue weighted by Gasteiger charge is 2.36. The average Bonchev–Trinajstić information content (AvgIpc) is 3.37. The number of nitrogens with zero attached hydrogens (tertiary/aromatic N) is 1. The van der Waals surface area contributed by atoms with Crippen LogP contribution in [0.2, 0.25) is 0 Å². The molecule has 1 aliphatic heterocycles. The van der Waals surface area contributed by atoms with Crippen LogP contribution in [0.5, 0.6) is 0 Å².